The number of rotatable bonds is 4. The second-order valence-corrected chi connectivity index (χ2v) is 7.25. The molecule has 3 heteroatoms. The Labute approximate surface area is 130 Å². The Balaban J connectivity index is 2.08. The summed E-state index contributed by atoms with van der Waals surface area (Å²) in [6.45, 7) is 13.5. The molecule has 1 N–H and O–H groups in total. The molecule has 2 rings (SSSR count). The normalized spacial score (nSPS) is 20.4. The van der Waals surface area contributed by atoms with Crippen LogP contribution in [0.25, 0.3) is 0 Å². The summed E-state index contributed by atoms with van der Waals surface area (Å²) in [5.74, 6) is 2.01. The number of aromatic nitrogens is 1. The largest absolute Gasteiger partial charge is 0.356 e. The van der Waals surface area contributed by atoms with Crippen LogP contribution in [0.1, 0.15) is 52.5 Å². The van der Waals surface area contributed by atoms with E-state index >= 15 is 0 Å². The predicted molar refractivity (Wildman–Crippen MR) is 90.6 cm³/mol. The van der Waals surface area contributed by atoms with Gasteiger partial charge in [-0.25, -0.2) is 4.98 Å². The van der Waals surface area contributed by atoms with Crippen molar-refractivity contribution in [1.29, 1.82) is 0 Å². The van der Waals surface area contributed by atoms with Crippen molar-refractivity contribution in [2.24, 2.45) is 11.3 Å². The molecule has 3 nitrogen and oxygen atoms in total. The van der Waals surface area contributed by atoms with E-state index in [0.717, 1.165) is 32.1 Å². The summed E-state index contributed by atoms with van der Waals surface area (Å²) in [6.07, 6.45) is 5.83. The van der Waals surface area contributed by atoms with Crippen LogP contribution >= 0.6 is 0 Å². The van der Waals surface area contributed by atoms with Gasteiger partial charge >= 0.3 is 0 Å². The molecule has 0 amide bonds. The number of hydrogen-bond acceptors (Lipinski definition) is 3. The van der Waals surface area contributed by atoms with E-state index in [-0.39, 0.29) is 0 Å². The Morgan fingerprint density at radius 2 is 2.10 bits per heavy atom. The van der Waals surface area contributed by atoms with Crippen LogP contribution in [0, 0.1) is 11.3 Å². The lowest BCUT2D eigenvalue weighted by atomic mass is 9.77. The lowest BCUT2D eigenvalue weighted by Gasteiger charge is -2.30. The smallest absolute Gasteiger partial charge is 0.133 e. The second-order valence-electron chi connectivity index (χ2n) is 7.25. The van der Waals surface area contributed by atoms with Gasteiger partial charge in [0.1, 0.15) is 5.82 Å². The number of nitrogens with zero attached hydrogens (tertiary/aromatic N) is 2. The summed E-state index contributed by atoms with van der Waals surface area (Å²) >= 11 is 0. The first-order valence-electron chi connectivity index (χ1n) is 8.42. The summed E-state index contributed by atoms with van der Waals surface area (Å²) < 4.78 is 0. The first-order chi connectivity index (χ1) is 10.0. The summed E-state index contributed by atoms with van der Waals surface area (Å²) in [4.78, 5) is 7.17. The molecule has 0 radical (unpaired) electrons. The van der Waals surface area contributed by atoms with Gasteiger partial charge in [-0.3, -0.25) is 0 Å². The summed E-state index contributed by atoms with van der Waals surface area (Å²) in [5, 5.41) is 3.43. The zero-order valence-electron chi connectivity index (χ0n) is 14.2. The molecule has 118 valence electrons. The van der Waals surface area contributed by atoms with Crippen molar-refractivity contribution in [3.63, 3.8) is 0 Å². The molecular formula is C18H31N3. The Kier molecular flexibility index (Phi) is 5.63. The number of anilines is 1. The van der Waals surface area contributed by atoms with Crippen LogP contribution in [0.5, 0.6) is 0 Å². The molecule has 1 aromatic rings. The fraction of sp³-hybridized carbons (Fsp3) is 0.722. The molecule has 1 unspecified atom stereocenters. The average Bonchev–Trinajstić information content (AvgIpc) is 2.71. The van der Waals surface area contributed by atoms with E-state index in [1.54, 1.807) is 0 Å². The quantitative estimate of drug-likeness (QED) is 0.912. The minimum absolute atomic E-state index is 0.423. The number of hydrogen-bond donors (Lipinski definition) is 1. The van der Waals surface area contributed by atoms with Crippen molar-refractivity contribution in [2.45, 2.75) is 53.5 Å². The van der Waals surface area contributed by atoms with E-state index in [1.165, 1.54) is 30.6 Å². The Morgan fingerprint density at radius 1 is 1.29 bits per heavy atom. The molecule has 1 aliphatic heterocycles. The molecule has 0 aliphatic carbocycles. The SMILES string of the molecule is CCNCc1cccnc1N1CCCC(C(C)(C)C)CC1. The van der Waals surface area contributed by atoms with Gasteiger partial charge in [-0.2, -0.15) is 0 Å². The average molecular weight is 289 g/mol. The lowest BCUT2D eigenvalue weighted by Crippen LogP contribution is -2.28. The Morgan fingerprint density at radius 3 is 2.81 bits per heavy atom. The van der Waals surface area contributed by atoms with Gasteiger partial charge in [0.15, 0.2) is 0 Å². The third kappa shape index (κ3) is 4.44. The number of nitrogens with one attached hydrogen (secondary N) is 1. The predicted octanol–water partition coefficient (Wildman–Crippen LogP) is 3.84. The van der Waals surface area contributed by atoms with E-state index in [0.29, 0.717) is 5.41 Å². The molecule has 0 aromatic carbocycles. The Hall–Kier alpha value is -1.09. The van der Waals surface area contributed by atoms with E-state index in [4.69, 9.17) is 0 Å². The van der Waals surface area contributed by atoms with Gasteiger partial charge in [0, 0.05) is 31.4 Å². The summed E-state index contributed by atoms with van der Waals surface area (Å²) in [6, 6.07) is 4.25. The zero-order chi connectivity index (χ0) is 15.3. The highest BCUT2D eigenvalue weighted by Gasteiger charge is 2.27. The van der Waals surface area contributed by atoms with Crippen LogP contribution in [-0.4, -0.2) is 24.6 Å². The molecular weight excluding hydrogens is 258 g/mol. The molecule has 0 bridgehead atoms. The molecule has 2 heterocycles. The summed E-state index contributed by atoms with van der Waals surface area (Å²) in [7, 11) is 0. The van der Waals surface area contributed by atoms with Crippen molar-refractivity contribution in [2.75, 3.05) is 24.5 Å². The summed E-state index contributed by atoms with van der Waals surface area (Å²) in [5.41, 5.74) is 1.75. The van der Waals surface area contributed by atoms with Crippen molar-refractivity contribution in [3.05, 3.63) is 23.9 Å². The van der Waals surface area contributed by atoms with Crippen LogP contribution in [-0.2, 0) is 6.54 Å². The topological polar surface area (TPSA) is 28.2 Å². The molecule has 1 fully saturated rings. The van der Waals surface area contributed by atoms with Gasteiger partial charge in [-0.1, -0.05) is 33.8 Å². The van der Waals surface area contributed by atoms with E-state index in [9.17, 15) is 0 Å². The minimum atomic E-state index is 0.423. The van der Waals surface area contributed by atoms with E-state index in [1.807, 2.05) is 12.3 Å². The van der Waals surface area contributed by atoms with Crippen molar-refractivity contribution in [3.8, 4) is 0 Å². The maximum atomic E-state index is 4.67. The first-order valence-corrected chi connectivity index (χ1v) is 8.42. The highest BCUT2D eigenvalue weighted by atomic mass is 15.2. The second kappa shape index (κ2) is 7.26. The maximum Gasteiger partial charge on any atom is 0.133 e. The van der Waals surface area contributed by atoms with Crippen molar-refractivity contribution < 1.29 is 0 Å². The maximum absolute atomic E-state index is 4.67. The van der Waals surface area contributed by atoms with Gasteiger partial charge in [-0.15, -0.1) is 0 Å². The van der Waals surface area contributed by atoms with E-state index < -0.39 is 0 Å². The number of pyridine rings is 1. The highest BCUT2D eigenvalue weighted by molar-refractivity contribution is 5.46. The van der Waals surface area contributed by atoms with Gasteiger partial charge in [0.2, 0.25) is 0 Å². The zero-order valence-corrected chi connectivity index (χ0v) is 14.2. The van der Waals surface area contributed by atoms with Crippen LogP contribution in [0.15, 0.2) is 18.3 Å². The molecule has 0 saturated carbocycles. The van der Waals surface area contributed by atoms with Crippen molar-refractivity contribution in [1.82, 2.24) is 10.3 Å². The standard InChI is InChI=1S/C18H31N3/c1-5-19-14-15-8-6-11-20-17(15)21-12-7-9-16(10-13-21)18(2,3)4/h6,8,11,16,19H,5,7,9-10,12-14H2,1-4H3. The third-order valence-corrected chi connectivity index (χ3v) is 4.69. The first kappa shape index (κ1) is 16.3. The highest BCUT2D eigenvalue weighted by Crippen LogP contribution is 2.35. The molecule has 1 atom stereocenters. The van der Waals surface area contributed by atoms with Crippen LogP contribution < -0.4 is 10.2 Å². The van der Waals surface area contributed by atoms with E-state index in [2.05, 4.69) is 49.0 Å². The van der Waals surface area contributed by atoms with Gasteiger partial charge in [0.05, 0.1) is 0 Å². The third-order valence-electron chi connectivity index (χ3n) is 4.69. The fourth-order valence-electron chi connectivity index (χ4n) is 3.29. The van der Waals surface area contributed by atoms with Crippen LogP contribution in [0.2, 0.25) is 0 Å². The molecule has 0 spiro atoms. The van der Waals surface area contributed by atoms with Gasteiger partial charge < -0.3 is 10.2 Å². The van der Waals surface area contributed by atoms with Crippen LogP contribution in [0.3, 0.4) is 0 Å². The van der Waals surface area contributed by atoms with Crippen molar-refractivity contribution >= 4 is 5.82 Å². The molecule has 1 aromatic heterocycles. The van der Waals surface area contributed by atoms with Gasteiger partial charge in [-0.05, 0) is 43.2 Å². The molecule has 21 heavy (non-hydrogen) atoms. The van der Waals surface area contributed by atoms with Gasteiger partial charge in [0.25, 0.3) is 0 Å². The van der Waals surface area contributed by atoms with Crippen LogP contribution in [0.4, 0.5) is 5.82 Å². The Bertz CT molecular complexity index is 436. The molecule has 1 saturated heterocycles. The minimum Gasteiger partial charge on any atom is -0.356 e. The monoisotopic (exact) mass is 289 g/mol. The molecule has 1 aliphatic rings. The fourth-order valence-corrected chi connectivity index (χ4v) is 3.29. The lowest BCUT2D eigenvalue weighted by molar-refractivity contribution is 0.220.